The minimum atomic E-state index is -0.184. The molecule has 0 amide bonds. The van der Waals surface area contributed by atoms with Crippen LogP contribution in [0.15, 0.2) is 54.7 Å². The first kappa shape index (κ1) is 12.5. The lowest BCUT2D eigenvalue weighted by Gasteiger charge is -2.26. The van der Waals surface area contributed by atoms with Crippen LogP contribution in [0.3, 0.4) is 0 Å². The van der Waals surface area contributed by atoms with Gasteiger partial charge in [0.05, 0.1) is 6.61 Å². The van der Waals surface area contributed by atoms with Crippen molar-refractivity contribution in [3.05, 3.63) is 66.1 Å². The molecule has 3 aromatic rings. The molecular formula is C18H16FNO. The van der Waals surface area contributed by atoms with Crippen molar-refractivity contribution in [3.8, 4) is 5.75 Å². The van der Waals surface area contributed by atoms with Gasteiger partial charge in [0.15, 0.2) is 0 Å². The lowest BCUT2D eigenvalue weighted by molar-refractivity contribution is 0.259. The third kappa shape index (κ3) is 2.19. The van der Waals surface area contributed by atoms with Crippen LogP contribution in [0, 0.1) is 5.82 Å². The smallest absolute Gasteiger partial charge is 0.123 e. The molecular weight excluding hydrogens is 265 g/mol. The predicted molar refractivity (Wildman–Crippen MR) is 81.2 cm³/mol. The Morgan fingerprint density at radius 1 is 1.14 bits per heavy atom. The Kier molecular flexibility index (Phi) is 2.92. The molecule has 2 heterocycles. The third-order valence-electron chi connectivity index (χ3n) is 4.23. The number of aromatic nitrogens is 1. The molecule has 0 radical (unpaired) electrons. The number of rotatable bonds is 2. The average Bonchev–Trinajstić information content (AvgIpc) is 2.90. The Balaban J connectivity index is 1.70. The first-order chi connectivity index (χ1) is 10.3. The van der Waals surface area contributed by atoms with E-state index in [2.05, 4.69) is 16.7 Å². The van der Waals surface area contributed by atoms with E-state index in [0.29, 0.717) is 5.92 Å². The van der Waals surface area contributed by atoms with Crippen LogP contribution >= 0.6 is 0 Å². The summed E-state index contributed by atoms with van der Waals surface area (Å²) in [5.74, 6) is 1.25. The highest BCUT2D eigenvalue weighted by Gasteiger charge is 2.21. The minimum absolute atomic E-state index is 0.184. The van der Waals surface area contributed by atoms with Crippen LogP contribution in [0.2, 0.25) is 0 Å². The van der Waals surface area contributed by atoms with Gasteiger partial charge in [-0.25, -0.2) is 4.39 Å². The largest absolute Gasteiger partial charge is 0.493 e. The van der Waals surface area contributed by atoms with E-state index in [0.717, 1.165) is 36.2 Å². The minimum Gasteiger partial charge on any atom is -0.493 e. The van der Waals surface area contributed by atoms with Crippen LogP contribution in [-0.4, -0.2) is 11.2 Å². The summed E-state index contributed by atoms with van der Waals surface area (Å²) in [4.78, 5) is 0. The lowest BCUT2D eigenvalue weighted by Crippen LogP contribution is -2.18. The average molecular weight is 281 g/mol. The molecule has 0 N–H and O–H groups in total. The Labute approximate surface area is 122 Å². The molecule has 0 bridgehead atoms. The van der Waals surface area contributed by atoms with Crippen LogP contribution in [0.4, 0.5) is 4.39 Å². The summed E-state index contributed by atoms with van der Waals surface area (Å²) in [6.45, 7) is 1.66. The van der Waals surface area contributed by atoms with Crippen LogP contribution < -0.4 is 4.74 Å². The van der Waals surface area contributed by atoms with Crippen LogP contribution in [0.5, 0.6) is 5.75 Å². The maximum atomic E-state index is 13.3. The standard InChI is InChI=1S/C18H16FNO/c19-15-5-6-17-13(11-15)7-9-20(17)12-14-8-10-21-18-4-2-1-3-16(14)18/h1-7,9,11,14H,8,10,12H2. The highest BCUT2D eigenvalue weighted by atomic mass is 19.1. The van der Waals surface area contributed by atoms with Crippen molar-refractivity contribution in [2.45, 2.75) is 18.9 Å². The topological polar surface area (TPSA) is 14.2 Å². The van der Waals surface area contributed by atoms with Gasteiger partial charge in [-0.1, -0.05) is 18.2 Å². The second-order valence-electron chi connectivity index (χ2n) is 5.54. The number of ether oxygens (including phenoxy) is 1. The number of nitrogens with zero attached hydrogens (tertiary/aromatic N) is 1. The summed E-state index contributed by atoms with van der Waals surface area (Å²) in [6, 6.07) is 15.2. The molecule has 0 saturated heterocycles. The van der Waals surface area contributed by atoms with Crippen molar-refractivity contribution in [1.82, 2.24) is 4.57 Å². The summed E-state index contributed by atoms with van der Waals surface area (Å²) < 4.78 is 21.2. The van der Waals surface area contributed by atoms with E-state index in [4.69, 9.17) is 4.74 Å². The molecule has 0 spiro atoms. The Morgan fingerprint density at radius 2 is 2.05 bits per heavy atom. The molecule has 4 rings (SSSR count). The zero-order valence-electron chi connectivity index (χ0n) is 11.6. The van der Waals surface area contributed by atoms with E-state index in [1.807, 2.05) is 30.5 Å². The molecule has 1 atom stereocenters. The van der Waals surface area contributed by atoms with Gasteiger partial charge in [-0.2, -0.15) is 0 Å². The van der Waals surface area contributed by atoms with E-state index in [9.17, 15) is 4.39 Å². The third-order valence-corrected chi connectivity index (χ3v) is 4.23. The molecule has 2 nitrogen and oxygen atoms in total. The second-order valence-corrected chi connectivity index (χ2v) is 5.54. The van der Waals surface area contributed by atoms with Crippen molar-refractivity contribution >= 4 is 10.9 Å². The van der Waals surface area contributed by atoms with Crippen molar-refractivity contribution in [3.63, 3.8) is 0 Å². The Hall–Kier alpha value is -2.29. The molecule has 0 saturated carbocycles. The van der Waals surface area contributed by atoms with Gasteiger partial charge >= 0.3 is 0 Å². The van der Waals surface area contributed by atoms with Crippen LogP contribution in [0.25, 0.3) is 10.9 Å². The van der Waals surface area contributed by atoms with Crippen molar-refractivity contribution in [2.75, 3.05) is 6.61 Å². The number of benzene rings is 2. The molecule has 3 heteroatoms. The summed E-state index contributed by atoms with van der Waals surface area (Å²) in [6.07, 6.45) is 3.06. The summed E-state index contributed by atoms with van der Waals surface area (Å²) in [5, 5.41) is 0.954. The Morgan fingerprint density at radius 3 is 3.00 bits per heavy atom. The van der Waals surface area contributed by atoms with Gasteiger partial charge < -0.3 is 9.30 Å². The zero-order chi connectivity index (χ0) is 14.2. The van der Waals surface area contributed by atoms with Gasteiger partial charge in [0, 0.05) is 29.6 Å². The van der Waals surface area contributed by atoms with E-state index >= 15 is 0 Å². The number of hydrogen-bond acceptors (Lipinski definition) is 1. The monoisotopic (exact) mass is 281 g/mol. The number of halogens is 1. The molecule has 21 heavy (non-hydrogen) atoms. The molecule has 0 aliphatic carbocycles. The van der Waals surface area contributed by atoms with Gasteiger partial charge in [-0.15, -0.1) is 0 Å². The number of hydrogen-bond donors (Lipinski definition) is 0. The fourth-order valence-corrected chi connectivity index (χ4v) is 3.17. The summed E-state index contributed by atoms with van der Waals surface area (Å²) in [7, 11) is 0. The first-order valence-electron chi connectivity index (χ1n) is 7.27. The van der Waals surface area contributed by atoms with E-state index in [-0.39, 0.29) is 5.82 Å². The maximum absolute atomic E-state index is 13.3. The van der Waals surface area contributed by atoms with Gasteiger partial charge in [0.2, 0.25) is 0 Å². The Bertz CT molecular complexity index is 793. The van der Waals surface area contributed by atoms with Crippen LogP contribution in [-0.2, 0) is 6.54 Å². The molecule has 1 unspecified atom stereocenters. The summed E-state index contributed by atoms with van der Waals surface area (Å²) in [5.41, 5.74) is 2.35. The van der Waals surface area contributed by atoms with Crippen molar-refractivity contribution < 1.29 is 9.13 Å². The van der Waals surface area contributed by atoms with E-state index in [1.165, 1.54) is 11.6 Å². The van der Waals surface area contributed by atoms with Gasteiger partial charge in [0.25, 0.3) is 0 Å². The normalized spacial score (nSPS) is 17.5. The maximum Gasteiger partial charge on any atom is 0.123 e. The summed E-state index contributed by atoms with van der Waals surface area (Å²) >= 11 is 0. The quantitative estimate of drug-likeness (QED) is 0.681. The van der Waals surface area contributed by atoms with E-state index in [1.54, 1.807) is 6.07 Å². The zero-order valence-corrected chi connectivity index (χ0v) is 11.6. The molecule has 1 aromatic heterocycles. The van der Waals surface area contributed by atoms with Crippen molar-refractivity contribution in [1.29, 1.82) is 0 Å². The second kappa shape index (κ2) is 4.92. The molecule has 106 valence electrons. The SMILES string of the molecule is Fc1ccc2c(ccn2CC2CCOc3ccccc32)c1. The van der Waals surface area contributed by atoms with Gasteiger partial charge in [0.1, 0.15) is 11.6 Å². The first-order valence-corrected chi connectivity index (χ1v) is 7.27. The number of fused-ring (bicyclic) bond motifs is 2. The highest BCUT2D eigenvalue weighted by molar-refractivity contribution is 5.80. The lowest BCUT2D eigenvalue weighted by atomic mass is 9.93. The highest BCUT2D eigenvalue weighted by Crippen LogP contribution is 2.35. The van der Waals surface area contributed by atoms with Gasteiger partial charge in [-0.3, -0.25) is 0 Å². The van der Waals surface area contributed by atoms with Crippen LogP contribution in [0.1, 0.15) is 17.9 Å². The number of para-hydroxylation sites is 1. The fraction of sp³-hybridized carbons (Fsp3) is 0.222. The van der Waals surface area contributed by atoms with Crippen molar-refractivity contribution in [2.24, 2.45) is 0 Å². The predicted octanol–water partition coefficient (Wildman–Crippen LogP) is 4.35. The molecule has 2 aromatic carbocycles. The molecule has 1 aliphatic heterocycles. The fourth-order valence-electron chi connectivity index (χ4n) is 3.17. The van der Waals surface area contributed by atoms with Gasteiger partial charge in [-0.05, 0) is 42.3 Å². The molecule has 0 fully saturated rings. The van der Waals surface area contributed by atoms with E-state index < -0.39 is 0 Å². The molecule has 1 aliphatic rings.